The molecule has 6 nitrogen and oxygen atoms in total. The molecule has 1 unspecified atom stereocenters. The van der Waals surface area contributed by atoms with E-state index in [0.29, 0.717) is 11.9 Å². The Morgan fingerprint density at radius 3 is 3.22 bits per heavy atom. The predicted octanol–water partition coefficient (Wildman–Crippen LogP) is -0.127. The van der Waals surface area contributed by atoms with Crippen LogP contribution < -0.4 is 11.1 Å². The first-order valence-electron chi connectivity index (χ1n) is 6.20. The molecule has 3 N–H and O–H groups in total. The number of amides is 2. The molecule has 2 saturated heterocycles. The number of pyridine rings is 1. The third-order valence-corrected chi connectivity index (χ3v) is 3.64. The number of hydrogen-bond donors (Lipinski definition) is 2. The summed E-state index contributed by atoms with van der Waals surface area (Å²) in [6.45, 7) is 4.12. The monoisotopic (exact) mass is 247 g/mol. The smallest absolute Gasteiger partial charge is 0.317 e. The van der Waals surface area contributed by atoms with E-state index in [1.165, 1.54) is 0 Å². The van der Waals surface area contributed by atoms with Crippen molar-refractivity contribution in [2.45, 2.75) is 12.6 Å². The van der Waals surface area contributed by atoms with E-state index in [1.54, 1.807) is 6.20 Å². The lowest BCUT2D eigenvalue weighted by Crippen LogP contribution is -2.51. The second-order valence-electron chi connectivity index (χ2n) is 4.82. The molecule has 2 aliphatic rings. The van der Waals surface area contributed by atoms with Gasteiger partial charge in [0.15, 0.2) is 0 Å². The van der Waals surface area contributed by atoms with E-state index in [-0.39, 0.29) is 6.03 Å². The molecule has 18 heavy (non-hydrogen) atoms. The Bertz CT molecular complexity index is 464. The molecule has 0 aromatic carbocycles. The summed E-state index contributed by atoms with van der Waals surface area (Å²) in [6.07, 6.45) is 1.70. The van der Waals surface area contributed by atoms with Crippen molar-refractivity contribution in [2.75, 3.05) is 31.9 Å². The molecule has 6 heteroatoms. The van der Waals surface area contributed by atoms with Gasteiger partial charge in [-0.05, 0) is 6.07 Å². The molecule has 96 valence electrons. The maximum Gasteiger partial charge on any atom is 0.317 e. The average Bonchev–Trinajstić information content (AvgIpc) is 2.74. The zero-order valence-corrected chi connectivity index (χ0v) is 10.2. The Balaban J connectivity index is 1.66. The topological polar surface area (TPSA) is 74.5 Å². The molecule has 0 radical (unpaired) electrons. The largest absolute Gasteiger partial charge is 0.383 e. The summed E-state index contributed by atoms with van der Waals surface area (Å²) in [7, 11) is 0. The summed E-state index contributed by atoms with van der Waals surface area (Å²) in [5.74, 6) is 0.598. The first-order chi connectivity index (χ1) is 8.74. The Morgan fingerprint density at radius 2 is 2.39 bits per heavy atom. The van der Waals surface area contributed by atoms with Crippen molar-refractivity contribution in [3.8, 4) is 0 Å². The van der Waals surface area contributed by atoms with Crippen LogP contribution in [0.25, 0.3) is 0 Å². The third kappa shape index (κ3) is 1.99. The number of nitrogen functional groups attached to an aromatic ring is 1. The predicted molar refractivity (Wildman–Crippen MR) is 67.8 cm³/mol. The normalized spacial score (nSPS) is 23.9. The van der Waals surface area contributed by atoms with Gasteiger partial charge in [0.05, 0.1) is 6.04 Å². The average molecular weight is 247 g/mol. The highest BCUT2D eigenvalue weighted by molar-refractivity contribution is 5.77. The lowest BCUT2D eigenvalue weighted by molar-refractivity contribution is 0.117. The van der Waals surface area contributed by atoms with Gasteiger partial charge in [-0.3, -0.25) is 4.90 Å². The van der Waals surface area contributed by atoms with Gasteiger partial charge >= 0.3 is 6.03 Å². The van der Waals surface area contributed by atoms with E-state index in [2.05, 4.69) is 15.2 Å². The van der Waals surface area contributed by atoms with Crippen molar-refractivity contribution >= 4 is 11.8 Å². The summed E-state index contributed by atoms with van der Waals surface area (Å²) in [5, 5.41) is 2.88. The van der Waals surface area contributed by atoms with Crippen LogP contribution in [0.2, 0.25) is 0 Å². The van der Waals surface area contributed by atoms with Crippen LogP contribution in [0.1, 0.15) is 5.56 Å². The molecule has 3 heterocycles. The Morgan fingerprint density at radius 1 is 1.50 bits per heavy atom. The second-order valence-corrected chi connectivity index (χ2v) is 4.82. The molecule has 2 aliphatic heterocycles. The summed E-state index contributed by atoms with van der Waals surface area (Å²) < 4.78 is 0. The lowest BCUT2D eigenvalue weighted by Gasteiger charge is -2.36. The van der Waals surface area contributed by atoms with Crippen molar-refractivity contribution in [2.24, 2.45) is 0 Å². The second kappa shape index (κ2) is 4.45. The van der Waals surface area contributed by atoms with Gasteiger partial charge in [-0.1, -0.05) is 6.07 Å². The number of carbonyl (C=O) groups excluding carboxylic acids is 1. The minimum atomic E-state index is 0.0699. The number of urea groups is 1. The highest BCUT2D eigenvalue weighted by Gasteiger charge is 2.35. The quantitative estimate of drug-likeness (QED) is 0.763. The van der Waals surface area contributed by atoms with Crippen LogP contribution in [0, 0.1) is 0 Å². The highest BCUT2D eigenvalue weighted by atomic mass is 16.2. The number of aromatic nitrogens is 1. The molecule has 0 bridgehead atoms. The van der Waals surface area contributed by atoms with E-state index < -0.39 is 0 Å². The molecule has 0 saturated carbocycles. The molecular weight excluding hydrogens is 230 g/mol. The van der Waals surface area contributed by atoms with Gasteiger partial charge in [0.2, 0.25) is 0 Å². The van der Waals surface area contributed by atoms with Gasteiger partial charge in [-0.25, -0.2) is 9.78 Å². The molecule has 1 aromatic rings. The number of anilines is 1. The number of hydrogen-bond acceptors (Lipinski definition) is 4. The van der Waals surface area contributed by atoms with Gasteiger partial charge in [0, 0.05) is 44.5 Å². The standard InChI is InChI=1S/C12H17N5O/c13-11-9(2-1-3-14-11)7-16-4-5-17-10(8-16)6-15-12(17)18/h1-3,10H,4-8H2,(H2,13,14)(H,15,18). The van der Waals surface area contributed by atoms with Crippen molar-refractivity contribution in [1.82, 2.24) is 20.1 Å². The molecular formula is C12H17N5O. The number of piperazine rings is 1. The molecule has 0 aliphatic carbocycles. The van der Waals surface area contributed by atoms with Crippen molar-refractivity contribution in [1.29, 1.82) is 0 Å². The number of nitrogens with one attached hydrogen (secondary N) is 1. The zero-order chi connectivity index (χ0) is 12.5. The molecule has 3 rings (SSSR count). The number of carbonyl (C=O) groups is 1. The van der Waals surface area contributed by atoms with Crippen LogP contribution in [0.15, 0.2) is 18.3 Å². The van der Waals surface area contributed by atoms with Gasteiger partial charge in [-0.15, -0.1) is 0 Å². The maximum absolute atomic E-state index is 11.5. The zero-order valence-electron chi connectivity index (χ0n) is 10.2. The van der Waals surface area contributed by atoms with Crippen LogP contribution in [0.5, 0.6) is 0 Å². The van der Waals surface area contributed by atoms with Gasteiger partial charge < -0.3 is 16.0 Å². The Labute approximate surface area is 106 Å². The van der Waals surface area contributed by atoms with E-state index in [9.17, 15) is 4.79 Å². The molecule has 1 aromatic heterocycles. The third-order valence-electron chi connectivity index (χ3n) is 3.64. The summed E-state index contributed by atoms with van der Waals surface area (Å²) in [4.78, 5) is 19.8. The minimum Gasteiger partial charge on any atom is -0.383 e. The van der Waals surface area contributed by atoms with Gasteiger partial charge in [0.25, 0.3) is 0 Å². The SMILES string of the molecule is Nc1ncccc1CN1CCN2C(=O)NCC2C1. The fourth-order valence-corrected chi connectivity index (χ4v) is 2.64. The van der Waals surface area contributed by atoms with E-state index in [1.807, 2.05) is 17.0 Å². The minimum absolute atomic E-state index is 0.0699. The van der Waals surface area contributed by atoms with E-state index in [4.69, 9.17) is 5.73 Å². The molecule has 2 amide bonds. The van der Waals surface area contributed by atoms with Crippen LogP contribution in [0.4, 0.5) is 10.6 Å². The Kier molecular flexibility index (Phi) is 2.79. The van der Waals surface area contributed by atoms with Crippen molar-refractivity contribution in [3.63, 3.8) is 0 Å². The van der Waals surface area contributed by atoms with E-state index >= 15 is 0 Å². The summed E-state index contributed by atoms with van der Waals surface area (Å²) >= 11 is 0. The van der Waals surface area contributed by atoms with Crippen LogP contribution in [0.3, 0.4) is 0 Å². The molecule has 1 atom stereocenters. The fraction of sp³-hybridized carbons (Fsp3) is 0.500. The first kappa shape index (κ1) is 11.3. The van der Waals surface area contributed by atoms with Crippen molar-refractivity contribution in [3.05, 3.63) is 23.9 Å². The Hall–Kier alpha value is -1.82. The fourth-order valence-electron chi connectivity index (χ4n) is 2.64. The van der Waals surface area contributed by atoms with Crippen LogP contribution >= 0.6 is 0 Å². The molecule has 2 fully saturated rings. The van der Waals surface area contributed by atoms with Crippen LogP contribution in [-0.2, 0) is 6.54 Å². The number of rotatable bonds is 2. The van der Waals surface area contributed by atoms with Gasteiger partial charge in [0.1, 0.15) is 5.82 Å². The van der Waals surface area contributed by atoms with Crippen LogP contribution in [-0.4, -0.2) is 53.0 Å². The van der Waals surface area contributed by atoms with Crippen molar-refractivity contribution < 1.29 is 4.79 Å². The van der Waals surface area contributed by atoms with Gasteiger partial charge in [-0.2, -0.15) is 0 Å². The number of nitrogens with zero attached hydrogens (tertiary/aromatic N) is 3. The summed E-state index contributed by atoms with van der Waals surface area (Å²) in [6, 6.07) is 4.28. The maximum atomic E-state index is 11.5. The lowest BCUT2D eigenvalue weighted by atomic mass is 10.1. The summed E-state index contributed by atoms with van der Waals surface area (Å²) in [5.41, 5.74) is 6.91. The number of fused-ring (bicyclic) bond motifs is 1. The first-order valence-corrected chi connectivity index (χ1v) is 6.20. The molecule has 0 spiro atoms. The highest BCUT2D eigenvalue weighted by Crippen LogP contribution is 2.17. The van der Waals surface area contributed by atoms with E-state index in [0.717, 1.165) is 38.3 Å². The number of nitrogens with two attached hydrogens (primary N) is 1.